The summed E-state index contributed by atoms with van der Waals surface area (Å²) in [5.74, 6) is 0. The first-order valence-corrected chi connectivity index (χ1v) is 15.9. The van der Waals surface area contributed by atoms with Crippen LogP contribution in [-0.4, -0.2) is 74.8 Å². The van der Waals surface area contributed by atoms with Gasteiger partial charge in [-0.05, 0) is 16.7 Å². The maximum Gasteiger partial charge on any atom is 0.0695 e. The number of H-pyrrole nitrogens is 3. The van der Waals surface area contributed by atoms with Crippen LogP contribution < -0.4 is 16.0 Å². The fraction of sp³-hybridized carbons (Fsp3) is 0.250. The highest BCUT2D eigenvalue weighted by Gasteiger charge is 2.11. The Balaban J connectivity index is 0.00000433. The molecule has 6 aromatic rings. The number of hydrogen-bond donors (Lipinski definition) is 6. The van der Waals surface area contributed by atoms with Crippen molar-refractivity contribution in [1.82, 2.24) is 51.4 Å². The van der Waals surface area contributed by atoms with Gasteiger partial charge in [-0.15, -0.1) is 74.4 Å². The molecule has 6 N–H and O–H groups in total. The normalized spacial score (nSPS) is 10.1. The molecular weight excluding hydrogens is 785 g/mol. The minimum atomic E-state index is 0. The van der Waals surface area contributed by atoms with E-state index in [-0.39, 0.29) is 74.4 Å². The summed E-state index contributed by atoms with van der Waals surface area (Å²) in [6.45, 7) is 7.71. The van der Waals surface area contributed by atoms with Gasteiger partial charge in [0.05, 0.1) is 35.7 Å². The molecule has 0 radical (unpaired) electrons. The van der Waals surface area contributed by atoms with Crippen LogP contribution >= 0.6 is 74.4 Å². The number of nitrogens with one attached hydrogen (secondary N) is 6. The molecule has 0 aliphatic rings. The van der Waals surface area contributed by atoms with E-state index in [1.165, 1.54) is 16.7 Å². The third-order valence-corrected chi connectivity index (χ3v) is 8.10. The van der Waals surface area contributed by atoms with Crippen LogP contribution in [0, 0.1) is 0 Å². The molecule has 3 aromatic heterocycles. The maximum absolute atomic E-state index is 4.30. The molecule has 284 valence electrons. The van der Waals surface area contributed by atoms with Crippen molar-refractivity contribution in [1.29, 1.82) is 0 Å². The number of hydrogen-bond acceptors (Lipinski definition) is 7. The standard InChI is InChI=1S/C36H42N10.6ClH/c1-4-10-28(11-5-1)34-31(25-40-43-34)22-37-16-19-46(20-17-38-23-32-26-41-44-35(32)29-12-6-2-7-13-29)21-18-39-24-33-27-42-45-36(33)30-14-8-3-9-15-30;;;;;;/h1-15,25-27,37-39H,16-24H2,(H,40,43)(H,41,44)(H,42,45);6*1H. The molecular formula is C36H48Cl6N10. The number of nitrogens with zero attached hydrogens (tertiary/aromatic N) is 4. The van der Waals surface area contributed by atoms with Gasteiger partial charge in [-0.2, -0.15) is 15.3 Å². The monoisotopic (exact) mass is 830 g/mol. The van der Waals surface area contributed by atoms with Crippen molar-refractivity contribution in [3.8, 4) is 33.8 Å². The Morgan fingerprint density at radius 3 is 0.942 bits per heavy atom. The summed E-state index contributed by atoms with van der Waals surface area (Å²) in [5.41, 5.74) is 10.2. The van der Waals surface area contributed by atoms with Gasteiger partial charge < -0.3 is 16.0 Å². The first-order valence-electron chi connectivity index (χ1n) is 15.9. The van der Waals surface area contributed by atoms with Crippen molar-refractivity contribution in [2.24, 2.45) is 0 Å². The smallest absolute Gasteiger partial charge is 0.0695 e. The molecule has 0 unspecified atom stereocenters. The molecule has 3 aromatic carbocycles. The Hall–Kier alpha value is -3.13. The van der Waals surface area contributed by atoms with Crippen LogP contribution in [0.15, 0.2) is 110 Å². The Morgan fingerprint density at radius 2 is 0.673 bits per heavy atom. The van der Waals surface area contributed by atoms with Gasteiger partial charge >= 0.3 is 0 Å². The topological polar surface area (TPSA) is 125 Å². The third kappa shape index (κ3) is 14.0. The van der Waals surface area contributed by atoms with E-state index in [4.69, 9.17) is 0 Å². The quantitative estimate of drug-likeness (QED) is 0.0501. The molecule has 0 amide bonds. The summed E-state index contributed by atoms with van der Waals surface area (Å²) in [6, 6.07) is 31.1. The molecule has 52 heavy (non-hydrogen) atoms. The SMILES string of the molecule is Cl.Cl.Cl.Cl.Cl.Cl.c1ccc(-c2[nH]ncc2CNCCN(CCNCc2cn[nH]c2-c2ccccc2)CCNCc2cn[nH]c2-c2ccccc2)cc1. The van der Waals surface area contributed by atoms with Crippen LogP contribution in [0.2, 0.25) is 0 Å². The molecule has 0 fully saturated rings. The van der Waals surface area contributed by atoms with Gasteiger partial charge in [0.15, 0.2) is 0 Å². The predicted molar refractivity (Wildman–Crippen MR) is 227 cm³/mol. The van der Waals surface area contributed by atoms with Gasteiger partial charge in [0.2, 0.25) is 0 Å². The van der Waals surface area contributed by atoms with Crippen LogP contribution in [0.3, 0.4) is 0 Å². The van der Waals surface area contributed by atoms with E-state index in [9.17, 15) is 0 Å². The summed E-state index contributed by atoms with van der Waals surface area (Å²) in [5, 5.41) is 33.3. The van der Waals surface area contributed by atoms with Crippen LogP contribution in [0.25, 0.3) is 33.8 Å². The van der Waals surface area contributed by atoms with Gasteiger partial charge in [0.1, 0.15) is 0 Å². The first kappa shape index (κ1) is 48.9. The lowest BCUT2D eigenvalue weighted by molar-refractivity contribution is 0.271. The summed E-state index contributed by atoms with van der Waals surface area (Å²) in [6.07, 6.45) is 5.75. The van der Waals surface area contributed by atoms with E-state index in [1.807, 2.05) is 36.8 Å². The van der Waals surface area contributed by atoms with Gasteiger partial charge in [-0.1, -0.05) is 91.0 Å². The van der Waals surface area contributed by atoms with Gasteiger partial charge in [-0.25, -0.2) is 0 Å². The molecule has 0 bridgehead atoms. The van der Waals surface area contributed by atoms with Crippen molar-refractivity contribution >= 4 is 74.4 Å². The third-order valence-electron chi connectivity index (χ3n) is 8.10. The molecule has 6 rings (SSSR count). The second kappa shape index (κ2) is 26.6. The highest BCUT2D eigenvalue weighted by Crippen LogP contribution is 2.22. The van der Waals surface area contributed by atoms with E-state index < -0.39 is 0 Å². The van der Waals surface area contributed by atoms with Crippen molar-refractivity contribution in [2.75, 3.05) is 39.3 Å². The van der Waals surface area contributed by atoms with E-state index >= 15 is 0 Å². The number of aromatic amines is 3. The molecule has 16 heteroatoms. The molecule has 0 saturated heterocycles. The van der Waals surface area contributed by atoms with E-state index in [1.54, 1.807) is 0 Å². The maximum atomic E-state index is 4.30. The van der Waals surface area contributed by atoms with Crippen molar-refractivity contribution in [3.63, 3.8) is 0 Å². The fourth-order valence-electron chi connectivity index (χ4n) is 5.62. The van der Waals surface area contributed by atoms with Gasteiger partial charge in [0.25, 0.3) is 0 Å². The van der Waals surface area contributed by atoms with E-state index in [0.717, 1.165) is 92.7 Å². The summed E-state index contributed by atoms with van der Waals surface area (Å²) in [7, 11) is 0. The highest BCUT2D eigenvalue weighted by atomic mass is 35.5. The lowest BCUT2D eigenvalue weighted by atomic mass is 10.1. The number of benzene rings is 3. The van der Waals surface area contributed by atoms with Gasteiger partial charge in [0, 0.05) is 75.6 Å². The second-order valence-electron chi connectivity index (χ2n) is 11.3. The number of aromatic nitrogens is 6. The Bertz CT molecular complexity index is 1530. The average molecular weight is 834 g/mol. The highest BCUT2D eigenvalue weighted by molar-refractivity contribution is 5.86. The van der Waals surface area contributed by atoms with Crippen LogP contribution in [-0.2, 0) is 19.6 Å². The van der Waals surface area contributed by atoms with Crippen LogP contribution in [0.5, 0.6) is 0 Å². The molecule has 0 saturated carbocycles. The Kier molecular flexibility index (Phi) is 25.0. The zero-order valence-corrected chi connectivity index (χ0v) is 33.4. The molecule has 0 atom stereocenters. The Morgan fingerprint density at radius 1 is 0.404 bits per heavy atom. The lowest BCUT2D eigenvalue weighted by Crippen LogP contribution is -2.40. The summed E-state index contributed by atoms with van der Waals surface area (Å²) in [4.78, 5) is 2.50. The molecule has 3 heterocycles. The first-order chi connectivity index (χ1) is 22.8. The second-order valence-corrected chi connectivity index (χ2v) is 11.3. The Labute approximate surface area is 343 Å². The summed E-state index contributed by atoms with van der Waals surface area (Å²) >= 11 is 0. The minimum Gasteiger partial charge on any atom is -0.311 e. The van der Waals surface area contributed by atoms with Crippen LogP contribution in [0.4, 0.5) is 0 Å². The number of halogens is 6. The molecule has 10 nitrogen and oxygen atoms in total. The lowest BCUT2D eigenvalue weighted by Gasteiger charge is -2.23. The molecule has 0 spiro atoms. The number of rotatable bonds is 18. The van der Waals surface area contributed by atoms with E-state index in [0.29, 0.717) is 0 Å². The van der Waals surface area contributed by atoms with Crippen molar-refractivity contribution in [2.45, 2.75) is 19.6 Å². The van der Waals surface area contributed by atoms with Gasteiger partial charge in [-0.3, -0.25) is 20.2 Å². The average Bonchev–Trinajstić information content (AvgIpc) is 3.89. The summed E-state index contributed by atoms with van der Waals surface area (Å²) < 4.78 is 0. The predicted octanol–water partition coefficient (Wildman–Crippen LogP) is 7.36. The van der Waals surface area contributed by atoms with Crippen molar-refractivity contribution in [3.05, 3.63) is 126 Å². The zero-order chi connectivity index (χ0) is 31.2. The van der Waals surface area contributed by atoms with Crippen molar-refractivity contribution < 1.29 is 0 Å². The fourth-order valence-corrected chi connectivity index (χ4v) is 5.62. The minimum absolute atomic E-state index is 0. The van der Waals surface area contributed by atoms with E-state index in [2.05, 4.69) is 124 Å². The molecule has 0 aliphatic carbocycles. The zero-order valence-electron chi connectivity index (χ0n) is 28.5. The van der Waals surface area contributed by atoms with Crippen LogP contribution in [0.1, 0.15) is 16.7 Å². The molecule has 0 aliphatic heterocycles. The largest absolute Gasteiger partial charge is 0.311 e.